The lowest BCUT2D eigenvalue weighted by molar-refractivity contribution is 0.241. The van der Waals surface area contributed by atoms with Crippen LogP contribution in [0.25, 0.3) is 0 Å². The number of aliphatic hydroxyl groups is 1. The minimum atomic E-state index is -0.0605. The van der Waals surface area contributed by atoms with Gasteiger partial charge in [0.05, 0.1) is 0 Å². The van der Waals surface area contributed by atoms with Crippen molar-refractivity contribution in [1.82, 2.24) is 4.90 Å². The fourth-order valence-corrected chi connectivity index (χ4v) is 3.00. The molecule has 2 rings (SSSR count). The SMILES string of the molecule is CC(C)CCN(Cc1sccc1C#CCO)C1CC1. The summed E-state index contributed by atoms with van der Waals surface area (Å²) in [6, 6.07) is 2.86. The number of hydrogen-bond acceptors (Lipinski definition) is 3. The molecule has 1 aliphatic carbocycles. The highest BCUT2D eigenvalue weighted by molar-refractivity contribution is 7.10. The Labute approximate surface area is 120 Å². The normalized spacial score (nSPS) is 14.8. The first-order chi connectivity index (χ1) is 9.20. The van der Waals surface area contributed by atoms with Crippen LogP contribution in [-0.4, -0.2) is 29.2 Å². The van der Waals surface area contributed by atoms with Gasteiger partial charge in [0.15, 0.2) is 0 Å². The Morgan fingerprint density at radius 1 is 1.47 bits per heavy atom. The molecule has 1 N–H and O–H groups in total. The van der Waals surface area contributed by atoms with Crippen LogP contribution in [0, 0.1) is 17.8 Å². The number of thiophene rings is 1. The van der Waals surface area contributed by atoms with Crippen molar-refractivity contribution >= 4 is 11.3 Å². The van der Waals surface area contributed by atoms with E-state index in [0.29, 0.717) is 0 Å². The second-order valence-electron chi connectivity index (χ2n) is 5.60. The van der Waals surface area contributed by atoms with Crippen LogP contribution < -0.4 is 0 Å². The largest absolute Gasteiger partial charge is 0.384 e. The summed E-state index contributed by atoms with van der Waals surface area (Å²) < 4.78 is 0. The average molecular weight is 277 g/mol. The first-order valence-corrected chi connectivity index (χ1v) is 7.98. The molecule has 19 heavy (non-hydrogen) atoms. The molecule has 1 aromatic heterocycles. The van der Waals surface area contributed by atoms with E-state index in [9.17, 15) is 0 Å². The molecule has 2 nitrogen and oxygen atoms in total. The lowest BCUT2D eigenvalue weighted by Crippen LogP contribution is -2.27. The molecule has 1 aromatic rings. The van der Waals surface area contributed by atoms with Crippen molar-refractivity contribution in [3.05, 3.63) is 21.9 Å². The molecule has 0 spiro atoms. The highest BCUT2D eigenvalue weighted by Crippen LogP contribution is 2.30. The maximum atomic E-state index is 8.80. The predicted molar refractivity (Wildman–Crippen MR) is 81.2 cm³/mol. The number of rotatable bonds is 6. The molecular weight excluding hydrogens is 254 g/mol. The molecule has 1 heterocycles. The second kappa shape index (κ2) is 7.09. The first kappa shape index (κ1) is 14.6. The van der Waals surface area contributed by atoms with Crippen LogP contribution in [0.15, 0.2) is 11.4 Å². The minimum absolute atomic E-state index is 0.0605. The molecule has 1 fully saturated rings. The molecule has 1 aliphatic rings. The molecule has 0 unspecified atom stereocenters. The van der Waals surface area contributed by atoms with E-state index in [1.54, 1.807) is 11.3 Å². The van der Waals surface area contributed by atoms with Crippen molar-refractivity contribution in [2.24, 2.45) is 5.92 Å². The molecule has 0 aliphatic heterocycles. The quantitative estimate of drug-likeness (QED) is 0.808. The van der Waals surface area contributed by atoms with Crippen LogP contribution in [-0.2, 0) is 6.54 Å². The summed E-state index contributed by atoms with van der Waals surface area (Å²) in [6.45, 7) is 6.72. The monoisotopic (exact) mass is 277 g/mol. The molecule has 1 saturated carbocycles. The molecule has 0 saturated heterocycles. The standard InChI is InChI=1S/C16H23NOS/c1-13(2)7-9-17(15-5-6-15)12-16-14(4-3-10-18)8-11-19-16/h8,11,13,15,18H,5-7,9-10,12H2,1-2H3. The number of hydrogen-bond donors (Lipinski definition) is 1. The third kappa shape index (κ3) is 4.65. The maximum absolute atomic E-state index is 8.80. The summed E-state index contributed by atoms with van der Waals surface area (Å²) in [5, 5.41) is 10.9. The van der Waals surface area contributed by atoms with Gasteiger partial charge in [-0.1, -0.05) is 25.7 Å². The fourth-order valence-electron chi connectivity index (χ4n) is 2.15. The summed E-state index contributed by atoms with van der Waals surface area (Å²) >= 11 is 1.78. The number of nitrogens with zero attached hydrogens (tertiary/aromatic N) is 1. The molecule has 104 valence electrons. The summed E-state index contributed by atoms with van der Waals surface area (Å²) in [4.78, 5) is 3.95. The van der Waals surface area contributed by atoms with Crippen molar-refractivity contribution in [3.8, 4) is 11.8 Å². The summed E-state index contributed by atoms with van der Waals surface area (Å²) in [6.07, 6.45) is 3.96. The van der Waals surface area contributed by atoms with Gasteiger partial charge in [-0.05, 0) is 43.2 Å². The Morgan fingerprint density at radius 2 is 2.26 bits per heavy atom. The van der Waals surface area contributed by atoms with Gasteiger partial charge in [0, 0.05) is 23.0 Å². The van der Waals surface area contributed by atoms with Gasteiger partial charge < -0.3 is 5.11 Å². The Morgan fingerprint density at radius 3 is 2.89 bits per heavy atom. The van der Waals surface area contributed by atoms with Gasteiger partial charge in [-0.2, -0.15) is 0 Å². The van der Waals surface area contributed by atoms with Gasteiger partial charge in [0.1, 0.15) is 6.61 Å². The van der Waals surface area contributed by atoms with E-state index in [2.05, 4.69) is 42.0 Å². The average Bonchev–Trinajstić information content (AvgIpc) is 3.13. The van der Waals surface area contributed by atoms with Gasteiger partial charge in [-0.15, -0.1) is 11.3 Å². The highest BCUT2D eigenvalue weighted by atomic mass is 32.1. The lowest BCUT2D eigenvalue weighted by atomic mass is 10.1. The molecule has 0 bridgehead atoms. The van der Waals surface area contributed by atoms with Gasteiger partial charge in [-0.25, -0.2) is 0 Å². The summed E-state index contributed by atoms with van der Waals surface area (Å²) in [5.41, 5.74) is 1.09. The Balaban J connectivity index is 1.98. The van der Waals surface area contributed by atoms with Gasteiger partial charge in [-0.3, -0.25) is 4.90 Å². The highest BCUT2D eigenvalue weighted by Gasteiger charge is 2.29. The maximum Gasteiger partial charge on any atom is 0.104 e. The van der Waals surface area contributed by atoms with Crippen LogP contribution >= 0.6 is 11.3 Å². The Kier molecular flexibility index (Phi) is 5.45. The van der Waals surface area contributed by atoms with Crippen molar-refractivity contribution in [2.75, 3.05) is 13.2 Å². The lowest BCUT2D eigenvalue weighted by Gasteiger charge is -2.22. The van der Waals surface area contributed by atoms with Crippen molar-refractivity contribution in [2.45, 2.75) is 45.7 Å². The number of aliphatic hydroxyl groups excluding tert-OH is 1. The third-order valence-corrected chi connectivity index (χ3v) is 4.36. The Hall–Kier alpha value is -0.820. The third-order valence-electron chi connectivity index (χ3n) is 3.45. The van der Waals surface area contributed by atoms with E-state index in [0.717, 1.165) is 24.1 Å². The predicted octanol–water partition coefficient (Wildman–Crippen LogP) is 3.10. The van der Waals surface area contributed by atoms with E-state index in [4.69, 9.17) is 5.11 Å². The summed E-state index contributed by atoms with van der Waals surface area (Å²) in [5.74, 6) is 6.57. The van der Waals surface area contributed by atoms with Crippen molar-refractivity contribution in [1.29, 1.82) is 0 Å². The van der Waals surface area contributed by atoms with Crippen LogP contribution in [0.5, 0.6) is 0 Å². The topological polar surface area (TPSA) is 23.5 Å². The zero-order valence-corrected chi connectivity index (χ0v) is 12.7. The molecule has 3 heteroatoms. The minimum Gasteiger partial charge on any atom is -0.384 e. The molecule has 0 atom stereocenters. The van der Waals surface area contributed by atoms with E-state index in [1.165, 1.54) is 30.7 Å². The van der Waals surface area contributed by atoms with Crippen LogP contribution in [0.1, 0.15) is 43.6 Å². The molecular formula is C16H23NOS. The van der Waals surface area contributed by atoms with Crippen molar-refractivity contribution in [3.63, 3.8) is 0 Å². The smallest absolute Gasteiger partial charge is 0.104 e. The Bertz CT molecular complexity index is 451. The van der Waals surface area contributed by atoms with Crippen molar-refractivity contribution < 1.29 is 5.11 Å². The molecule has 0 amide bonds. The second-order valence-corrected chi connectivity index (χ2v) is 6.60. The van der Waals surface area contributed by atoms with Gasteiger partial charge in [0.2, 0.25) is 0 Å². The van der Waals surface area contributed by atoms with E-state index < -0.39 is 0 Å². The fraction of sp³-hybridized carbons (Fsp3) is 0.625. The van der Waals surface area contributed by atoms with Crippen LogP contribution in [0.3, 0.4) is 0 Å². The van der Waals surface area contributed by atoms with Gasteiger partial charge in [0.25, 0.3) is 0 Å². The van der Waals surface area contributed by atoms with E-state index >= 15 is 0 Å². The molecule has 0 aromatic carbocycles. The first-order valence-electron chi connectivity index (χ1n) is 7.11. The van der Waals surface area contributed by atoms with E-state index in [1.807, 2.05) is 0 Å². The van der Waals surface area contributed by atoms with Crippen LogP contribution in [0.4, 0.5) is 0 Å². The zero-order chi connectivity index (χ0) is 13.7. The molecule has 0 radical (unpaired) electrons. The van der Waals surface area contributed by atoms with Gasteiger partial charge >= 0.3 is 0 Å². The van der Waals surface area contributed by atoms with E-state index in [-0.39, 0.29) is 6.61 Å². The summed E-state index contributed by atoms with van der Waals surface area (Å²) in [7, 11) is 0. The zero-order valence-electron chi connectivity index (χ0n) is 11.9. The van der Waals surface area contributed by atoms with Crippen LogP contribution in [0.2, 0.25) is 0 Å².